The van der Waals surface area contributed by atoms with Crippen molar-refractivity contribution in [3.05, 3.63) is 28.2 Å². The maximum atomic E-state index is 11.4. The average Bonchev–Trinajstić information content (AvgIpc) is 2.72. The Morgan fingerprint density at radius 1 is 1.35 bits per heavy atom. The monoisotopic (exact) mass is 291 g/mol. The Morgan fingerprint density at radius 2 is 2.15 bits per heavy atom. The molecule has 1 aliphatic heterocycles. The molecule has 0 saturated heterocycles. The number of nitrogens with one attached hydrogen (secondary N) is 2. The van der Waals surface area contributed by atoms with Crippen molar-refractivity contribution in [2.45, 2.75) is 22.9 Å². The number of fused-ring (bicyclic) bond motifs is 1. The summed E-state index contributed by atoms with van der Waals surface area (Å²) < 4.78 is 1.42. The van der Waals surface area contributed by atoms with Crippen LogP contribution in [0.25, 0.3) is 0 Å². The zero-order valence-corrected chi connectivity index (χ0v) is 11.6. The lowest BCUT2D eigenvalue weighted by molar-refractivity contribution is -0.116. The van der Waals surface area contributed by atoms with E-state index in [1.807, 2.05) is 6.07 Å². The molecule has 0 fully saturated rings. The highest BCUT2D eigenvalue weighted by Crippen LogP contribution is 2.35. The van der Waals surface area contributed by atoms with Gasteiger partial charge in [0, 0.05) is 29.7 Å². The molecule has 2 heterocycles. The fourth-order valence-electron chi connectivity index (χ4n) is 2.03. The smallest absolute Gasteiger partial charge is 0.343 e. The topological polar surface area (TPSA) is 106 Å². The predicted octanol–water partition coefficient (Wildman–Crippen LogP) is 0.726. The summed E-state index contributed by atoms with van der Waals surface area (Å²) in [4.78, 5) is 23.5. The fraction of sp³-hybridized carbons (Fsp3) is 0.250. The van der Waals surface area contributed by atoms with Crippen LogP contribution < -0.4 is 16.7 Å². The van der Waals surface area contributed by atoms with Gasteiger partial charge in [0.25, 0.3) is 0 Å². The van der Waals surface area contributed by atoms with Crippen LogP contribution in [0.2, 0.25) is 0 Å². The van der Waals surface area contributed by atoms with Gasteiger partial charge in [0.1, 0.15) is 0 Å². The molecule has 0 aliphatic carbocycles. The van der Waals surface area contributed by atoms with Gasteiger partial charge in [-0.1, -0.05) is 0 Å². The van der Waals surface area contributed by atoms with Crippen molar-refractivity contribution in [3.63, 3.8) is 0 Å². The number of nitrogens with two attached hydrogens (primary N) is 1. The van der Waals surface area contributed by atoms with Crippen LogP contribution in [-0.4, -0.2) is 20.7 Å². The van der Waals surface area contributed by atoms with Gasteiger partial charge in [-0.3, -0.25) is 9.36 Å². The van der Waals surface area contributed by atoms with Crippen LogP contribution in [0.5, 0.6) is 0 Å². The fourth-order valence-corrected chi connectivity index (χ4v) is 2.92. The second kappa shape index (κ2) is 4.71. The van der Waals surface area contributed by atoms with Crippen molar-refractivity contribution in [1.82, 2.24) is 14.8 Å². The van der Waals surface area contributed by atoms with E-state index in [1.54, 1.807) is 13.1 Å². The van der Waals surface area contributed by atoms with E-state index in [2.05, 4.69) is 15.5 Å². The first-order chi connectivity index (χ1) is 9.54. The van der Waals surface area contributed by atoms with Crippen molar-refractivity contribution >= 4 is 29.0 Å². The first-order valence-electron chi connectivity index (χ1n) is 6.06. The van der Waals surface area contributed by atoms with Crippen LogP contribution in [0, 0.1) is 0 Å². The van der Waals surface area contributed by atoms with Crippen LogP contribution in [0.4, 0.5) is 11.4 Å². The lowest BCUT2D eigenvalue weighted by Crippen LogP contribution is -2.19. The third kappa shape index (κ3) is 2.18. The number of anilines is 2. The van der Waals surface area contributed by atoms with Gasteiger partial charge in [-0.05, 0) is 35.9 Å². The Balaban J connectivity index is 1.96. The molecule has 1 aliphatic rings. The molecule has 2 aromatic rings. The first kappa shape index (κ1) is 12.8. The van der Waals surface area contributed by atoms with Crippen LogP contribution >= 0.6 is 11.8 Å². The molecular formula is C12H13N5O2S. The van der Waals surface area contributed by atoms with E-state index < -0.39 is 0 Å². The molecule has 1 amide bonds. The van der Waals surface area contributed by atoms with Crippen LogP contribution in [0.3, 0.4) is 0 Å². The summed E-state index contributed by atoms with van der Waals surface area (Å²) in [6, 6.07) is 3.69. The molecule has 0 atom stereocenters. The summed E-state index contributed by atoms with van der Waals surface area (Å²) in [5.74, 6) is 0.00648. The van der Waals surface area contributed by atoms with Crippen molar-refractivity contribution in [2.75, 3.05) is 11.1 Å². The Hall–Kier alpha value is -2.22. The van der Waals surface area contributed by atoms with E-state index in [0.717, 1.165) is 16.1 Å². The molecule has 0 unspecified atom stereocenters. The second-order valence-corrected chi connectivity index (χ2v) is 5.58. The molecule has 3 rings (SSSR count). The number of aromatic nitrogens is 3. The molecule has 0 saturated carbocycles. The summed E-state index contributed by atoms with van der Waals surface area (Å²) in [6.45, 7) is 0. The van der Waals surface area contributed by atoms with Gasteiger partial charge in [-0.2, -0.15) is 0 Å². The maximum absolute atomic E-state index is 11.4. The van der Waals surface area contributed by atoms with E-state index in [-0.39, 0.29) is 11.6 Å². The molecule has 0 radical (unpaired) electrons. The molecule has 1 aromatic heterocycles. The molecule has 20 heavy (non-hydrogen) atoms. The summed E-state index contributed by atoms with van der Waals surface area (Å²) in [5.41, 5.74) is 8.08. The second-order valence-electron chi connectivity index (χ2n) is 4.57. The van der Waals surface area contributed by atoms with Crippen LogP contribution in [-0.2, 0) is 18.3 Å². The number of aryl methyl sites for hydroxylation is 1. The minimum atomic E-state index is -0.267. The molecule has 1 aromatic carbocycles. The minimum absolute atomic E-state index is 0.00648. The number of nitrogen functional groups attached to an aromatic ring is 1. The number of benzene rings is 1. The largest absolute Gasteiger partial charge is 0.398 e. The Bertz CT molecular complexity index is 749. The van der Waals surface area contributed by atoms with E-state index in [9.17, 15) is 9.59 Å². The number of hydrogen-bond acceptors (Lipinski definition) is 5. The highest BCUT2D eigenvalue weighted by atomic mass is 32.2. The van der Waals surface area contributed by atoms with Gasteiger partial charge in [-0.15, -0.1) is 5.10 Å². The Kier molecular flexibility index (Phi) is 3.01. The Morgan fingerprint density at radius 3 is 2.85 bits per heavy atom. The third-order valence-electron chi connectivity index (χ3n) is 3.17. The number of amides is 1. The van der Waals surface area contributed by atoms with Crippen molar-refractivity contribution in [2.24, 2.45) is 7.05 Å². The van der Waals surface area contributed by atoms with E-state index in [4.69, 9.17) is 5.73 Å². The first-order valence-corrected chi connectivity index (χ1v) is 6.88. The summed E-state index contributed by atoms with van der Waals surface area (Å²) in [6.07, 6.45) is 1.16. The summed E-state index contributed by atoms with van der Waals surface area (Å²) in [7, 11) is 1.64. The van der Waals surface area contributed by atoms with Gasteiger partial charge in [0.15, 0.2) is 5.16 Å². The molecule has 4 N–H and O–H groups in total. The van der Waals surface area contributed by atoms with Gasteiger partial charge in [-0.25, -0.2) is 9.89 Å². The number of hydrogen-bond donors (Lipinski definition) is 3. The summed E-state index contributed by atoms with van der Waals surface area (Å²) in [5, 5.41) is 9.67. The Labute approximate surface area is 118 Å². The number of aromatic amines is 1. The van der Waals surface area contributed by atoms with Gasteiger partial charge >= 0.3 is 5.69 Å². The number of carbonyl (C=O) groups is 1. The van der Waals surface area contributed by atoms with Crippen molar-refractivity contribution in [3.8, 4) is 0 Å². The lowest BCUT2D eigenvalue weighted by atomic mass is 10.0. The lowest BCUT2D eigenvalue weighted by Gasteiger charge is -2.18. The van der Waals surface area contributed by atoms with E-state index >= 15 is 0 Å². The standard InChI is InChI=1S/C12H13N5O2S/c1-17-11(19)15-16-12(17)20-9-4-6-2-3-10(18)14-8(6)5-7(9)13/h4-5H,2-3,13H2,1H3,(H,14,18)(H,15,19). The predicted molar refractivity (Wildman–Crippen MR) is 75.8 cm³/mol. The zero-order valence-electron chi connectivity index (χ0n) is 10.8. The number of rotatable bonds is 2. The molecule has 8 heteroatoms. The number of nitrogens with zero attached hydrogens (tertiary/aromatic N) is 2. The number of carbonyl (C=O) groups excluding carboxylic acids is 1. The zero-order chi connectivity index (χ0) is 14.3. The molecule has 104 valence electrons. The normalized spacial score (nSPS) is 13.9. The average molecular weight is 291 g/mol. The molecule has 0 spiro atoms. The third-order valence-corrected chi connectivity index (χ3v) is 4.29. The highest BCUT2D eigenvalue weighted by Gasteiger charge is 2.18. The summed E-state index contributed by atoms with van der Waals surface area (Å²) >= 11 is 1.32. The van der Waals surface area contributed by atoms with Crippen molar-refractivity contribution in [1.29, 1.82) is 0 Å². The molecular weight excluding hydrogens is 278 g/mol. The quantitative estimate of drug-likeness (QED) is 0.707. The molecule has 7 nitrogen and oxygen atoms in total. The van der Waals surface area contributed by atoms with Crippen LogP contribution in [0.15, 0.2) is 27.0 Å². The SMILES string of the molecule is Cn1c(Sc2cc3c(cc2N)NC(=O)CC3)n[nH]c1=O. The number of H-pyrrole nitrogens is 1. The van der Waals surface area contributed by atoms with Gasteiger partial charge in [0.05, 0.1) is 0 Å². The van der Waals surface area contributed by atoms with Crippen molar-refractivity contribution < 1.29 is 4.79 Å². The maximum Gasteiger partial charge on any atom is 0.343 e. The van der Waals surface area contributed by atoms with E-state index in [0.29, 0.717) is 23.7 Å². The van der Waals surface area contributed by atoms with Crippen LogP contribution in [0.1, 0.15) is 12.0 Å². The highest BCUT2D eigenvalue weighted by molar-refractivity contribution is 7.99. The van der Waals surface area contributed by atoms with Gasteiger partial charge in [0.2, 0.25) is 5.91 Å². The van der Waals surface area contributed by atoms with E-state index in [1.165, 1.54) is 16.3 Å². The van der Waals surface area contributed by atoms with Gasteiger partial charge < -0.3 is 11.1 Å². The minimum Gasteiger partial charge on any atom is -0.398 e. The molecule has 0 bridgehead atoms.